The second-order valence-corrected chi connectivity index (χ2v) is 10.1. The third-order valence-electron chi connectivity index (χ3n) is 6.36. The molecule has 2 aromatic rings. The molecule has 0 amide bonds. The molecule has 2 saturated heterocycles. The van der Waals surface area contributed by atoms with Crippen LogP contribution in [-0.2, 0) is 14.6 Å². The van der Waals surface area contributed by atoms with Gasteiger partial charge in [0.15, 0.2) is 9.84 Å². The molecule has 0 saturated carbocycles. The van der Waals surface area contributed by atoms with Crippen molar-refractivity contribution >= 4 is 15.6 Å². The minimum Gasteiger partial charge on any atom is -0.298 e. The van der Waals surface area contributed by atoms with Crippen molar-refractivity contribution in [1.82, 2.24) is 0 Å². The van der Waals surface area contributed by atoms with Crippen LogP contribution in [0.5, 0.6) is 0 Å². The molecule has 0 aromatic heterocycles. The predicted molar refractivity (Wildman–Crippen MR) is 97.2 cm³/mol. The summed E-state index contributed by atoms with van der Waals surface area (Å²) in [6, 6.07) is 16.2. The van der Waals surface area contributed by atoms with Gasteiger partial charge in [0.25, 0.3) is 0 Å². The van der Waals surface area contributed by atoms with E-state index in [9.17, 15) is 13.2 Å². The van der Waals surface area contributed by atoms with E-state index < -0.39 is 9.84 Å². The second-order valence-electron chi connectivity index (χ2n) is 7.59. The van der Waals surface area contributed by atoms with Crippen molar-refractivity contribution in [3.63, 3.8) is 0 Å². The lowest BCUT2D eigenvalue weighted by Crippen LogP contribution is -2.37. The molecule has 2 aliphatic heterocycles. The van der Waals surface area contributed by atoms with Crippen LogP contribution < -0.4 is 0 Å². The van der Waals surface area contributed by atoms with E-state index in [4.69, 9.17) is 0 Å². The number of benzene rings is 2. The van der Waals surface area contributed by atoms with Gasteiger partial charge in [-0.05, 0) is 47.9 Å². The summed E-state index contributed by atoms with van der Waals surface area (Å²) in [5.41, 5.74) is 4.44. The lowest BCUT2D eigenvalue weighted by Gasteiger charge is -2.29. The molecule has 1 aliphatic carbocycles. The molecule has 0 N–H and O–H groups in total. The van der Waals surface area contributed by atoms with Gasteiger partial charge < -0.3 is 0 Å². The molecule has 128 valence electrons. The van der Waals surface area contributed by atoms with Crippen LogP contribution in [-0.4, -0.2) is 24.7 Å². The van der Waals surface area contributed by atoms with E-state index in [1.807, 2.05) is 36.4 Å². The maximum atomic E-state index is 13.5. The SMILES string of the molecule is O=C(C1CC2CCC(C1)S2(=O)=O)C1c2ccccc2-c2ccccc21. The Morgan fingerprint density at radius 2 is 1.28 bits per heavy atom. The highest BCUT2D eigenvalue weighted by molar-refractivity contribution is 7.93. The Hall–Kier alpha value is -1.94. The Labute approximate surface area is 148 Å². The quantitative estimate of drug-likeness (QED) is 0.828. The number of hydrogen-bond donors (Lipinski definition) is 0. The first-order chi connectivity index (χ1) is 12.1. The van der Waals surface area contributed by atoms with Crippen LogP contribution in [0.3, 0.4) is 0 Å². The van der Waals surface area contributed by atoms with E-state index in [0.29, 0.717) is 12.8 Å². The van der Waals surface area contributed by atoms with Crippen molar-refractivity contribution in [2.45, 2.75) is 42.1 Å². The predicted octanol–water partition coefficient (Wildman–Crippen LogP) is 3.72. The van der Waals surface area contributed by atoms with Crippen LogP contribution in [0, 0.1) is 5.92 Å². The molecule has 2 aromatic carbocycles. The zero-order chi connectivity index (χ0) is 17.2. The van der Waals surface area contributed by atoms with Crippen LogP contribution in [0.15, 0.2) is 48.5 Å². The number of rotatable bonds is 2. The van der Waals surface area contributed by atoms with Gasteiger partial charge in [-0.2, -0.15) is 0 Å². The number of hydrogen-bond acceptors (Lipinski definition) is 3. The summed E-state index contributed by atoms with van der Waals surface area (Å²) < 4.78 is 24.7. The van der Waals surface area contributed by atoms with E-state index in [2.05, 4.69) is 12.1 Å². The van der Waals surface area contributed by atoms with Crippen LogP contribution in [0.2, 0.25) is 0 Å². The molecule has 4 heteroatoms. The molecule has 0 spiro atoms. The number of carbonyl (C=O) groups is 1. The molecule has 25 heavy (non-hydrogen) atoms. The van der Waals surface area contributed by atoms with E-state index in [1.54, 1.807) is 0 Å². The van der Waals surface area contributed by atoms with E-state index in [-0.39, 0.29) is 28.1 Å². The van der Waals surface area contributed by atoms with E-state index >= 15 is 0 Å². The normalized spacial score (nSPS) is 29.2. The topological polar surface area (TPSA) is 51.2 Å². The first-order valence-corrected chi connectivity index (χ1v) is 10.6. The van der Waals surface area contributed by atoms with Crippen LogP contribution in [0.4, 0.5) is 0 Å². The van der Waals surface area contributed by atoms with Gasteiger partial charge in [0.05, 0.1) is 16.4 Å². The number of carbonyl (C=O) groups excluding carboxylic acids is 1. The summed E-state index contributed by atoms with van der Waals surface area (Å²) in [6.07, 6.45) is 2.49. The van der Waals surface area contributed by atoms with Crippen LogP contribution in [0.25, 0.3) is 11.1 Å². The molecule has 2 atom stereocenters. The standard InChI is InChI=1S/C21H20O3S/c22-21(13-11-14-9-10-15(12-13)25(14,23)24)20-18-7-3-1-5-16(18)17-6-2-4-8-19(17)20/h1-8,13-15,20H,9-12H2. The van der Waals surface area contributed by atoms with Gasteiger partial charge in [0.1, 0.15) is 5.78 Å². The van der Waals surface area contributed by atoms with Crippen molar-refractivity contribution in [1.29, 1.82) is 0 Å². The Balaban J connectivity index is 1.55. The zero-order valence-corrected chi connectivity index (χ0v) is 14.7. The average molecular weight is 352 g/mol. The van der Waals surface area contributed by atoms with Gasteiger partial charge in [-0.15, -0.1) is 0 Å². The highest BCUT2D eigenvalue weighted by atomic mass is 32.2. The highest BCUT2D eigenvalue weighted by Crippen LogP contribution is 2.49. The molecule has 3 aliphatic rings. The Kier molecular flexibility index (Phi) is 3.23. The summed E-state index contributed by atoms with van der Waals surface area (Å²) in [5, 5.41) is -0.598. The summed E-state index contributed by atoms with van der Waals surface area (Å²) in [4.78, 5) is 13.5. The molecular weight excluding hydrogens is 332 g/mol. The Morgan fingerprint density at radius 3 is 1.80 bits per heavy atom. The lowest BCUT2D eigenvalue weighted by atomic mass is 9.82. The third-order valence-corrected chi connectivity index (χ3v) is 9.07. The Morgan fingerprint density at radius 1 is 0.800 bits per heavy atom. The summed E-state index contributed by atoms with van der Waals surface area (Å²) in [6.45, 7) is 0. The Bertz CT molecular complexity index is 911. The van der Waals surface area contributed by atoms with E-state index in [1.165, 1.54) is 0 Å². The van der Waals surface area contributed by atoms with Gasteiger partial charge in [-0.25, -0.2) is 8.42 Å². The van der Waals surface area contributed by atoms with Crippen molar-refractivity contribution in [3.05, 3.63) is 59.7 Å². The van der Waals surface area contributed by atoms with E-state index in [0.717, 1.165) is 35.1 Å². The van der Waals surface area contributed by atoms with Crippen molar-refractivity contribution in [2.75, 3.05) is 0 Å². The fraction of sp³-hybridized carbons (Fsp3) is 0.381. The molecule has 2 bridgehead atoms. The van der Waals surface area contributed by atoms with Gasteiger partial charge in [0.2, 0.25) is 0 Å². The summed E-state index contributed by atoms with van der Waals surface area (Å²) in [5.74, 6) is -0.160. The maximum absolute atomic E-state index is 13.5. The lowest BCUT2D eigenvalue weighted by molar-refractivity contribution is -0.123. The highest BCUT2D eigenvalue weighted by Gasteiger charge is 2.50. The molecule has 2 fully saturated rings. The molecular formula is C21H20O3S. The smallest absolute Gasteiger partial charge is 0.156 e. The van der Waals surface area contributed by atoms with Gasteiger partial charge in [0, 0.05) is 5.92 Å². The minimum atomic E-state index is -2.99. The van der Waals surface area contributed by atoms with Crippen LogP contribution >= 0.6 is 0 Å². The zero-order valence-electron chi connectivity index (χ0n) is 13.9. The summed E-state index contributed by atoms with van der Waals surface area (Å²) in [7, 11) is -2.99. The molecule has 3 nitrogen and oxygen atoms in total. The number of Topliss-reactive ketones (excluding diaryl/α,β-unsaturated/α-hetero) is 1. The fourth-order valence-corrected chi connectivity index (χ4v) is 7.61. The first kappa shape index (κ1) is 15.3. The largest absolute Gasteiger partial charge is 0.298 e. The van der Waals surface area contributed by atoms with Gasteiger partial charge in [-0.1, -0.05) is 48.5 Å². The van der Waals surface area contributed by atoms with Gasteiger partial charge >= 0.3 is 0 Å². The average Bonchev–Trinajstić information content (AvgIpc) is 2.96. The monoisotopic (exact) mass is 352 g/mol. The fourth-order valence-electron chi connectivity index (χ4n) is 5.14. The molecule has 5 rings (SSSR count). The molecule has 2 unspecified atom stereocenters. The number of ketones is 1. The van der Waals surface area contributed by atoms with Crippen molar-refractivity contribution in [2.24, 2.45) is 5.92 Å². The number of sulfone groups is 1. The number of fused-ring (bicyclic) bond motifs is 5. The molecule has 2 heterocycles. The van der Waals surface area contributed by atoms with Crippen molar-refractivity contribution < 1.29 is 13.2 Å². The maximum Gasteiger partial charge on any atom is 0.156 e. The van der Waals surface area contributed by atoms with Gasteiger partial charge in [-0.3, -0.25) is 4.79 Å². The summed E-state index contributed by atoms with van der Waals surface area (Å²) >= 11 is 0. The van der Waals surface area contributed by atoms with Crippen molar-refractivity contribution in [3.8, 4) is 11.1 Å². The third kappa shape index (κ3) is 2.10. The van der Waals surface area contributed by atoms with Crippen LogP contribution in [0.1, 0.15) is 42.7 Å². The first-order valence-electron chi connectivity index (χ1n) is 9.02. The molecule has 0 radical (unpaired) electrons. The minimum absolute atomic E-state index is 0.134. The second kappa shape index (κ2) is 5.28.